The number of thiazole rings is 1. The number of oxime groups is 1. The average molecular weight is 619 g/mol. The van der Waals surface area contributed by atoms with Gasteiger partial charge in [0.1, 0.15) is 29.9 Å². The molecule has 2 aliphatic heterocycles. The predicted octanol–water partition coefficient (Wildman–Crippen LogP) is 2.61. The number of anilines is 1. The predicted molar refractivity (Wildman–Crippen MR) is 154 cm³/mol. The maximum Gasteiger partial charge on any atom is 0.374 e. The molecule has 1 saturated carbocycles. The Balaban J connectivity index is 1.48. The lowest BCUT2D eigenvalue weighted by Crippen LogP contribution is -2.71. The number of nitrogens with one attached hydrogen (secondary N) is 1. The van der Waals surface area contributed by atoms with Crippen molar-refractivity contribution in [2.45, 2.75) is 50.4 Å². The van der Waals surface area contributed by atoms with Crippen LogP contribution in [0.5, 0.6) is 0 Å². The minimum atomic E-state index is -1.02. The Bertz CT molecular complexity index is 1380. The Labute approximate surface area is 249 Å². The molecule has 2 atom stereocenters. The molecule has 1 saturated heterocycles. The Morgan fingerprint density at radius 2 is 2.07 bits per heavy atom. The van der Waals surface area contributed by atoms with Crippen LogP contribution in [0.1, 0.15) is 44.7 Å². The van der Waals surface area contributed by atoms with Gasteiger partial charge >= 0.3 is 11.9 Å². The van der Waals surface area contributed by atoms with E-state index in [0.29, 0.717) is 5.57 Å². The summed E-state index contributed by atoms with van der Waals surface area (Å²) in [5.41, 5.74) is 14.7. The molecular formula is C25H30N8O7S2. The second kappa shape index (κ2) is 14.2. The van der Waals surface area contributed by atoms with Gasteiger partial charge < -0.3 is 25.4 Å². The van der Waals surface area contributed by atoms with Crippen molar-refractivity contribution in [3.05, 3.63) is 44.6 Å². The minimum Gasteiger partial charge on any atom is -0.460 e. The molecule has 3 aliphatic rings. The zero-order chi connectivity index (χ0) is 30.2. The maximum atomic E-state index is 13.4. The van der Waals surface area contributed by atoms with Crippen LogP contribution in [-0.4, -0.2) is 76.8 Å². The van der Waals surface area contributed by atoms with Gasteiger partial charge in [-0.15, -0.1) is 23.1 Å². The van der Waals surface area contributed by atoms with Crippen molar-refractivity contribution in [3.8, 4) is 0 Å². The second-order valence-corrected chi connectivity index (χ2v) is 11.5. The van der Waals surface area contributed by atoms with Crippen LogP contribution >= 0.6 is 23.1 Å². The van der Waals surface area contributed by atoms with E-state index < -0.39 is 35.2 Å². The van der Waals surface area contributed by atoms with Gasteiger partial charge in [0, 0.05) is 16.0 Å². The van der Waals surface area contributed by atoms with Gasteiger partial charge in [0.05, 0.1) is 13.2 Å². The first-order valence-electron chi connectivity index (χ1n) is 13.2. The summed E-state index contributed by atoms with van der Waals surface area (Å²) >= 11 is 2.36. The van der Waals surface area contributed by atoms with Crippen molar-refractivity contribution in [3.63, 3.8) is 0 Å². The fraction of sp³-hybridized carbons (Fsp3) is 0.520. The van der Waals surface area contributed by atoms with Gasteiger partial charge in [0.15, 0.2) is 10.8 Å². The highest BCUT2D eigenvalue weighted by Gasteiger charge is 2.54. The number of rotatable bonds is 11. The van der Waals surface area contributed by atoms with Crippen LogP contribution in [0.2, 0.25) is 0 Å². The van der Waals surface area contributed by atoms with Crippen LogP contribution in [0.3, 0.4) is 0 Å². The third kappa shape index (κ3) is 6.86. The number of amides is 2. The third-order valence-electron chi connectivity index (χ3n) is 6.86. The largest absolute Gasteiger partial charge is 0.460 e. The van der Waals surface area contributed by atoms with E-state index in [1.54, 1.807) is 0 Å². The number of azide groups is 1. The Hall–Kier alpha value is -4.08. The lowest BCUT2D eigenvalue weighted by molar-refractivity contribution is -0.155. The highest BCUT2D eigenvalue weighted by molar-refractivity contribution is 8.00. The van der Waals surface area contributed by atoms with E-state index in [-0.39, 0.29) is 52.8 Å². The summed E-state index contributed by atoms with van der Waals surface area (Å²) in [6.45, 7) is 1.55. The van der Waals surface area contributed by atoms with Gasteiger partial charge in [-0.05, 0) is 42.9 Å². The molecule has 1 aromatic rings. The number of esters is 2. The summed E-state index contributed by atoms with van der Waals surface area (Å²) in [4.78, 5) is 65.1. The number of carbonyl (C=O) groups is 4. The fourth-order valence-electron chi connectivity index (χ4n) is 4.80. The van der Waals surface area contributed by atoms with Gasteiger partial charge in [-0.3, -0.25) is 14.5 Å². The van der Waals surface area contributed by atoms with E-state index in [1.807, 2.05) is 0 Å². The van der Waals surface area contributed by atoms with Gasteiger partial charge in [-0.1, -0.05) is 29.5 Å². The number of hydrogen-bond acceptors (Lipinski definition) is 13. The zero-order valence-electron chi connectivity index (χ0n) is 23.0. The van der Waals surface area contributed by atoms with Crippen molar-refractivity contribution in [2.75, 3.05) is 31.7 Å². The summed E-state index contributed by atoms with van der Waals surface area (Å²) in [6, 6.07) is -1.02. The number of nitrogens with two attached hydrogens (primary N) is 1. The first-order chi connectivity index (χ1) is 20.3. The molecule has 0 spiro atoms. The van der Waals surface area contributed by atoms with Gasteiger partial charge in [-0.2, -0.15) is 0 Å². The summed E-state index contributed by atoms with van der Waals surface area (Å²) in [5, 5.41) is 10.9. The standard InChI is InChI=1S/C25H30N8O7S2/c1-3-16(23(36)39-10-13-7-5-4-6-8-13)40-24(37)19-14(9-28-32-27)11-41-22-18(21(35)33(19)22)30-20(34)17(31-38-2)15-12-42-25(26)29-15/h3,12-13,18,22H,4-11H2,1-2H3,(H2,26,29)(H,30,34)/b16-3-,31-17-/t18-,22-/m1/s1. The third-order valence-corrected chi connectivity index (χ3v) is 8.87. The van der Waals surface area contributed by atoms with E-state index in [1.165, 1.54) is 37.3 Å². The van der Waals surface area contributed by atoms with Crippen molar-refractivity contribution < 1.29 is 33.5 Å². The van der Waals surface area contributed by atoms with E-state index in [9.17, 15) is 19.2 Å². The van der Waals surface area contributed by atoms with E-state index in [2.05, 4.69) is 25.5 Å². The Morgan fingerprint density at radius 1 is 1.31 bits per heavy atom. The first-order valence-corrected chi connectivity index (χ1v) is 15.1. The lowest BCUT2D eigenvalue weighted by atomic mass is 9.90. The quantitative estimate of drug-likeness (QED) is 0.0426. The van der Waals surface area contributed by atoms with Crippen LogP contribution in [-0.2, 0) is 33.5 Å². The lowest BCUT2D eigenvalue weighted by Gasteiger charge is -2.49. The van der Waals surface area contributed by atoms with E-state index in [4.69, 9.17) is 25.6 Å². The first kappa shape index (κ1) is 30.9. The topological polar surface area (TPSA) is 211 Å². The second-order valence-electron chi connectivity index (χ2n) is 9.54. The molecule has 0 aromatic carbocycles. The molecular weight excluding hydrogens is 588 g/mol. The van der Waals surface area contributed by atoms with Crippen LogP contribution in [0.25, 0.3) is 10.4 Å². The number of hydrogen-bond donors (Lipinski definition) is 2. The number of thioether (sulfide) groups is 1. The summed E-state index contributed by atoms with van der Waals surface area (Å²) in [5.74, 6) is -2.97. The molecule has 1 aliphatic carbocycles. The Kier molecular flexibility index (Phi) is 10.4. The number of nitrogen functional groups attached to an aromatic ring is 1. The SMILES string of the molecule is C/C=C(\OC(=O)C1=C(CN=[N+]=[N-])CS[C@@H]2[C@H](NC(=O)/C(=N\OC)c3csc(N)n3)C(=O)N12)C(=O)OCC1CCCCC1. The van der Waals surface area contributed by atoms with Crippen LogP contribution in [0, 0.1) is 5.92 Å². The van der Waals surface area contributed by atoms with Crippen LogP contribution < -0.4 is 11.1 Å². The Morgan fingerprint density at radius 3 is 2.71 bits per heavy atom. The number of aromatic nitrogens is 1. The number of ether oxygens (including phenoxy) is 2. The molecule has 0 radical (unpaired) electrons. The molecule has 15 nitrogen and oxygen atoms in total. The number of fused-ring (bicyclic) bond motifs is 1. The molecule has 3 N–H and O–H groups in total. The summed E-state index contributed by atoms with van der Waals surface area (Å²) < 4.78 is 10.8. The number of carbonyl (C=O) groups excluding carboxylic acids is 4. The molecule has 2 fully saturated rings. The highest BCUT2D eigenvalue weighted by Crippen LogP contribution is 2.41. The monoisotopic (exact) mass is 618 g/mol. The molecule has 4 rings (SSSR count). The summed E-state index contributed by atoms with van der Waals surface area (Å²) in [7, 11) is 1.26. The summed E-state index contributed by atoms with van der Waals surface area (Å²) in [6.07, 6.45) is 6.58. The zero-order valence-corrected chi connectivity index (χ0v) is 24.6. The normalized spacial score (nSPS) is 21.1. The molecule has 3 heterocycles. The number of β-lactam (4-membered cyclic amide) rings is 1. The van der Waals surface area contributed by atoms with Crippen LogP contribution in [0.4, 0.5) is 5.13 Å². The van der Waals surface area contributed by atoms with Gasteiger partial charge in [0.25, 0.3) is 11.8 Å². The van der Waals surface area contributed by atoms with Crippen molar-refractivity contribution in [1.29, 1.82) is 0 Å². The van der Waals surface area contributed by atoms with Gasteiger partial charge in [-0.25, -0.2) is 14.6 Å². The minimum absolute atomic E-state index is 0.154. The fourth-order valence-corrected chi connectivity index (χ4v) is 6.68. The smallest absolute Gasteiger partial charge is 0.374 e. The molecule has 224 valence electrons. The molecule has 0 bridgehead atoms. The van der Waals surface area contributed by atoms with Crippen LogP contribution in [0.15, 0.2) is 38.8 Å². The van der Waals surface area contributed by atoms with Crippen molar-refractivity contribution in [1.82, 2.24) is 15.2 Å². The van der Waals surface area contributed by atoms with E-state index in [0.717, 1.165) is 48.3 Å². The molecule has 42 heavy (non-hydrogen) atoms. The van der Waals surface area contributed by atoms with Crippen molar-refractivity contribution in [2.24, 2.45) is 16.2 Å². The van der Waals surface area contributed by atoms with Crippen molar-refractivity contribution >= 4 is 57.7 Å². The highest BCUT2D eigenvalue weighted by atomic mass is 32.2. The molecule has 17 heteroatoms. The number of allylic oxidation sites excluding steroid dienone is 1. The molecule has 0 unspecified atom stereocenters. The van der Waals surface area contributed by atoms with Gasteiger partial charge in [0.2, 0.25) is 5.76 Å². The molecule has 1 aromatic heterocycles. The van der Waals surface area contributed by atoms with E-state index >= 15 is 0 Å². The maximum absolute atomic E-state index is 13.4. The molecule has 2 amide bonds. The number of nitrogens with zero attached hydrogens (tertiary/aromatic N) is 6. The average Bonchev–Trinajstić information content (AvgIpc) is 3.44.